The lowest BCUT2D eigenvalue weighted by Crippen LogP contribution is -2.28. The molecule has 1 N–H and O–H groups in total. The molecule has 1 aromatic heterocycles. The van der Waals surface area contributed by atoms with Gasteiger partial charge in [0.15, 0.2) is 0 Å². The van der Waals surface area contributed by atoms with Crippen molar-refractivity contribution in [1.82, 2.24) is 4.98 Å². The fourth-order valence-electron chi connectivity index (χ4n) is 2.36. The predicted molar refractivity (Wildman–Crippen MR) is 78.2 cm³/mol. The quantitative estimate of drug-likeness (QED) is 0.866. The number of hydrogen-bond donors (Lipinski definition) is 1. The fraction of sp³-hybridized carbons (Fsp3) is 0.667. The van der Waals surface area contributed by atoms with Gasteiger partial charge in [-0.25, -0.2) is 4.98 Å². The molecule has 3 heteroatoms. The van der Waals surface area contributed by atoms with Crippen LogP contribution in [0.4, 0.5) is 11.6 Å². The molecule has 0 spiro atoms. The van der Waals surface area contributed by atoms with Crippen molar-refractivity contribution in [3.05, 3.63) is 18.2 Å². The zero-order valence-electron chi connectivity index (χ0n) is 12.2. The number of nitrogens with zero attached hydrogens (tertiary/aromatic N) is 2. The normalized spacial score (nSPS) is 19.1. The predicted octanol–water partition coefficient (Wildman–Crippen LogP) is 3.53. The Morgan fingerprint density at radius 3 is 2.56 bits per heavy atom. The standard InChI is InChI=1S/C15H25N3/c1-14(2,3)17-12-7-6-8-13(16-12)18-10-9-15(4,5)11-18/h6-8H,9-11H2,1-5H3,(H,16,17). The lowest BCUT2D eigenvalue weighted by atomic mass is 9.93. The van der Waals surface area contributed by atoms with Gasteiger partial charge in [0.05, 0.1) is 0 Å². The summed E-state index contributed by atoms with van der Waals surface area (Å²) in [6.07, 6.45) is 1.24. The maximum Gasteiger partial charge on any atom is 0.130 e. The zero-order chi connectivity index (χ0) is 13.4. The topological polar surface area (TPSA) is 28.2 Å². The number of pyridine rings is 1. The Morgan fingerprint density at radius 1 is 1.28 bits per heavy atom. The van der Waals surface area contributed by atoms with Crippen molar-refractivity contribution in [3.8, 4) is 0 Å². The average Bonchev–Trinajstić information content (AvgIpc) is 2.57. The molecule has 0 aliphatic carbocycles. The second-order valence-electron chi connectivity index (χ2n) is 7.09. The van der Waals surface area contributed by atoms with E-state index in [0.717, 1.165) is 24.7 Å². The number of anilines is 2. The van der Waals surface area contributed by atoms with Crippen LogP contribution in [0.1, 0.15) is 41.0 Å². The van der Waals surface area contributed by atoms with Crippen molar-refractivity contribution in [2.24, 2.45) is 5.41 Å². The third kappa shape index (κ3) is 3.37. The van der Waals surface area contributed by atoms with E-state index in [1.54, 1.807) is 0 Å². The van der Waals surface area contributed by atoms with Gasteiger partial charge in [0.25, 0.3) is 0 Å². The van der Waals surface area contributed by atoms with E-state index < -0.39 is 0 Å². The molecule has 0 saturated carbocycles. The largest absolute Gasteiger partial charge is 0.365 e. The summed E-state index contributed by atoms with van der Waals surface area (Å²) in [6, 6.07) is 6.23. The first-order valence-electron chi connectivity index (χ1n) is 6.75. The van der Waals surface area contributed by atoms with E-state index in [2.05, 4.69) is 57.0 Å². The molecule has 2 heterocycles. The van der Waals surface area contributed by atoms with Crippen molar-refractivity contribution in [1.29, 1.82) is 0 Å². The summed E-state index contributed by atoms with van der Waals surface area (Å²) in [7, 11) is 0. The maximum absolute atomic E-state index is 4.72. The monoisotopic (exact) mass is 247 g/mol. The molecule has 1 aliphatic rings. The Bertz CT molecular complexity index is 418. The smallest absolute Gasteiger partial charge is 0.130 e. The first-order chi connectivity index (χ1) is 8.25. The summed E-state index contributed by atoms with van der Waals surface area (Å²) in [5.74, 6) is 2.06. The fourth-order valence-corrected chi connectivity index (χ4v) is 2.36. The first kappa shape index (κ1) is 13.2. The molecule has 1 saturated heterocycles. The first-order valence-corrected chi connectivity index (χ1v) is 6.75. The van der Waals surface area contributed by atoms with Crippen LogP contribution < -0.4 is 10.2 Å². The van der Waals surface area contributed by atoms with E-state index in [1.807, 2.05) is 6.07 Å². The van der Waals surface area contributed by atoms with E-state index in [4.69, 9.17) is 4.98 Å². The molecule has 1 aliphatic heterocycles. The SMILES string of the molecule is CC1(C)CCN(c2cccc(NC(C)(C)C)n2)C1. The number of hydrogen-bond acceptors (Lipinski definition) is 3. The Hall–Kier alpha value is -1.25. The highest BCUT2D eigenvalue weighted by Gasteiger charge is 2.29. The lowest BCUT2D eigenvalue weighted by molar-refractivity contribution is 0.418. The van der Waals surface area contributed by atoms with Crippen LogP contribution in [0.15, 0.2) is 18.2 Å². The summed E-state index contributed by atoms with van der Waals surface area (Å²) in [5, 5.41) is 3.43. The van der Waals surface area contributed by atoms with E-state index in [-0.39, 0.29) is 5.54 Å². The average molecular weight is 247 g/mol. The second kappa shape index (κ2) is 4.45. The molecule has 1 fully saturated rings. The van der Waals surface area contributed by atoms with Crippen molar-refractivity contribution < 1.29 is 0 Å². The van der Waals surface area contributed by atoms with Crippen LogP contribution in [-0.4, -0.2) is 23.6 Å². The summed E-state index contributed by atoms with van der Waals surface area (Å²) >= 11 is 0. The van der Waals surface area contributed by atoms with Gasteiger partial charge in [0, 0.05) is 18.6 Å². The van der Waals surface area contributed by atoms with Crippen molar-refractivity contribution in [3.63, 3.8) is 0 Å². The molecular formula is C15H25N3. The van der Waals surface area contributed by atoms with Gasteiger partial charge in [-0.15, -0.1) is 0 Å². The Morgan fingerprint density at radius 2 is 2.00 bits per heavy atom. The van der Waals surface area contributed by atoms with Crippen LogP contribution in [0.2, 0.25) is 0 Å². The summed E-state index contributed by atoms with van der Waals surface area (Å²) < 4.78 is 0. The van der Waals surface area contributed by atoms with E-state index in [0.29, 0.717) is 5.41 Å². The lowest BCUT2D eigenvalue weighted by Gasteiger charge is -2.24. The molecule has 0 amide bonds. The van der Waals surface area contributed by atoms with E-state index in [9.17, 15) is 0 Å². The minimum Gasteiger partial charge on any atom is -0.365 e. The highest BCUT2D eigenvalue weighted by molar-refractivity contribution is 5.48. The number of nitrogens with one attached hydrogen (secondary N) is 1. The van der Waals surface area contributed by atoms with Crippen LogP contribution in [0.5, 0.6) is 0 Å². The van der Waals surface area contributed by atoms with Crippen LogP contribution in [0, 0.1) is 5.41 Å². The van der Waals surface area contributed by atoms with Crippen LogP contribution in [0.25, 0.3) is 0 Å². The van der Waals surface area contributed by atoms with Crippen molar-refractivity contribution in [2.45, 2.75) is 46.6 Å². The van der Waals surface area contributed by atoms with E-state index in [1.165, 1.54) is 6.42 Å². The molecule has 1 aromatic rings. The van der Waals surface area contributed by atoms with E-state index >= 15 is 0 Å². The molecule has 0 unspecified atom stereocenters. The minimum absolute atomic E-state index is 0.0515. The van der Waals surface area contributed by atoms with Crippen LogP contribution >= 0.6 is 0 Å². The van der Waals surface area contributed by atoms with Gasteiger partial charge < -0.3 is 10.2 Å². The highest BCUT2D eigenvalue weighted by Crippen LogP contribution is 2.32. The molecule has 0 bridgehead atoms. The van der Waals surface area contributed by atoms with Crippen LogP contribution in [-0.2, 0) is 0 Å². The molecule has 100 valence electrons. The third-order valence-corrected chi connectivity index (χ3v) is 3.24. The molecule has 0 aromatic carbocycles. The van der Waals surface area contributed by atoms with Gasteiger partial charge in [-0.05, 0) is 44.7 Å². The maximum atomic E-state index is 4.72. The van der Waals surface area contributed by atoms with Gasteiger partial charge in [-0.1, -0.05) is 19.9 Å². The number of aromatic nitrogens is 1. The molecule has 0 radical (unpaired) electrons. The third-order valence-electron chi connectivity index (χ3n) is 3.24. The van der Waals surface area contributed by atoms with Gasteiger partial charge in [-0.3, -0.25) is 0 Å². The Balaban J connectivity index is 2.13. The molecular weight excluding hydrogens is 222 g/mol. The van der Waals surface area contributed by atoms with Crippen LogP contribution in [0.3, 0.4) is 0 Å². The van der Waals surface area contributed by atoms with Gasteiger partial charge in [0.1, 0.15) is 11.6 Å². The molecule has 2 rings (SSSR count). The molecule has 3 nitrogen and oxygen atoms in total. The van der Waals surface area contributed by atoms with Gasteiger partial charge in [-0.2, -0.15) is 0 Å². The minimum atomic E-state index is 0.0515. The number of rotatable bonds is 2. The summed E-state index contributed by atoms with van der Waals surface area (Å²) in [6.45, 7) is 13.3. The van der Waals surface area contributed by atoms with Crippen molar-refractivity contribution in [2.75, 3.05) is 23.3 Å². The Kier molecular flexibility index (Phi) is 3.26. The second-order valence-corrected chi connectivity index (χ2v) is 7.09. The molecule has 0 atom stereocenters. The Labute approximate surface area is 111 Å². The van der Waals surface area contributed by atoms with Crippen molar-refractivity contribution >= 4 is 11.6 Å². The van der Waals surface area contributed by atoms with Gasteiger partial charge in [0.2, 0.25) is 0 Å². The molecule has 18 heavy (non-hydrogen) atoms. The summed E-state index contributed by atoms with van der Waals surface area (Å²) in [5.41, 5.74) is 0.463. The summed E-state index contributed by atoms with van der Waals surface area (Å²) in [4.78, 5) is 7.10. The zero-order valence-corrected chi connectivity index (χ0v) is 12.2. The highest BCUT2D eigenvalue weighted by atomic mass is 15.2. The van der Waals surface area contributed by atoms with Gasteiger partial charge >= 0.3 is 0 Å².